The second-order valence-corrected chi connectivity index (χ2v) is 6.93. The fourth-order valence-electron chi connectivity index (χ4n) is 2.64. The van der Waals surface area contributed by atoms with Gasteiger partial charge < -0.3 is 20.7 Å². The van der Waals surface area contributed by atoms with Gasteiger partial charge in [0.2, 0.25) is 5.91 Å². The van der Waals surface area contributed by atoms with Crippen molar-refractivity contribution in [3.8, 4) is 5.75 Å². The number of aromatic nitrogens is 1. The molecule has 1 saturated carbocycles. The minimum absolute atomic E-state index is 0.105. The summed E-state index contributed by atoms with van der Waals surface area (Å²) in [6, 6.07) is 9.76. The molecule has 7 nitrogen and oxygen atoms in total. The molecular formula is C21H27N5O2. The van der Waals surface area contributed by atoms with E-state index in [4.69, 9.17) is 4.74 Å². The van der Waals surface area contributed by atoms with Gasteiger partial charge in [-0.25, -0.2) is 0 Å². The van der Waals surface area contributed by atoms with Crippen LogP contribution in [0, 0.1) is 12.8 Å². The van der Waals surface area contributed by atoms with E-state index in [0.717, 1.165) is 17.9 Å². The van der Waals surface area contributed by atoms with Crippen molar-refractivity contribution in [2.45, 2.75) is 26.3 Å². The van der Waals surface area contributed by atoms with Crippen molar-refractivity contribution in [1.82, 2.24) is 15.6 Å². The predicted molar refractivity (Wildman–Crippen MR) is 110 cm³/mol. The number of pyridine rings is 1. The van der Waals surface area contributed by atoms with Crippen LogP contribution >= 0.6 is 0 Å². The Kier molecular flexibility index (Phi) is 6.84. The molecule has 28 heavy (non-hydrogen) atoms. The molecule has 1 aromatic heterocycles. The number of amides is 1. The second-order valence-electron chi connectivity index (χ2n) is 6.93. The quantitative estimate of drug-likeness (QED) is 0.483. The Bertz CT molecular complexity index is 819. The molecule has 0 unspecified atom stereocenters. The zero-order valence-corrected chi connectivity index (χ0v) is 16.4. The van der Waals surface area contributed by atoms with Crippen LogP contribution in [-0.2, 0) is 11.3 Å². The Labute approximate surface area is 165 Å². The summed E-state index contributed by atoms with van der Waals surface area (Å²) in [5.74, 6) is 1.99. The monoisotopic (exact) mass is 381 g/mol. The van der Waals surface area contributed by atoms with Crippen LogP contribution in [0.4, 0.5) is 5.69 Å². The average Bonchev–Trinajstić information content (AvgIpc) is 3.53. The topological polar surface area (TPSA) is 87.6 Å². The van der Waals surface area contributed by atoms with Crippen LogP contribution in [0.2, 0.25) is 0 Å². The molecule has 0 spiro atoms. The minimum Gasteiger partial charge on any atom is -0.493 e. The summed E-state index contributed by atoms with van der Waals surface area (Å²) in [7, 11) is 1.67. The normalized spacial score (nSPS) is 13.7. The molecule has 1 fully saturated rings. The van der Waals surface area contributed by atoms with Crippen LogP contribution in [0.15, 0.2) is 47.7 Å². The Morgan fingerprint density at radius 1 is 1.29 bits per heavy atom. The van der Waals surface area contributed by atoms with E-state index in [1.807, 2.05) is 0 Å². The number of carbonyl (C=O) groups excluding carboxylic acids is 1. The molecule has 3 N–H and O–H groups in total. The average molecular weight is 381 g/mol. The third kappa shape index (κ3) is 6.26. The molecule has 2 aromatic rings. The van der Waals surface area contributed by atoms with E-state index in [-0.39, 0.29) is 12.5 Å². The number of hydrogen-bond acceptors (Lipinski definition) is 4. The van der Waals surface area contributed by atoms with E-state index in [0.29, 0.717) is 24.1 Å². The first-order valence-electron chi connectivity index (χ1n) is 9.51. The van der Waals surface area contributed by atoms with Gasteiger partial charge in [0, 0.05) is 25.4 Å². The van der Waals surface area contributed by atoms with Gasteiger partial charge in [0.1, 0.15) is 5.75 Å². The van der Waals surface area contributed by atoms with Crippen LogP contribution in [0.1, 0.15) is 24.0 Å². The lowest BCUT2D eigenvalue weighted by atomic mass is 10.1. The number of carbonyl (C=O) groups is 1. The number of aliphatic imine (C=N–C) groups is 1. The number of guanidine groups is 1. The van der Waals surface area contributed by atoms with Gasteiger partial charge in [-0.15, -0.1) is 0 Å². The maximum atomic E-state index is 12.0. The third-order valence-electron chi connectivity index (χ3n) is 4.43. The standard InChI is InChI=1S/C21H27N5O2/c1-15-5-8-17(19(10-15)28-14-16-6-7-16)11-24-21(22-2)25-13-20(27)26-18-4-3-9-23-12-18/h3-5,8-10,12,16H,6-7,11,13-14H2,1-2H3,(H,26,27)(H2,22,24,25). The highest BCUT2D eigenvalue weighted by atomic mass is 16.5. The third-order valence-corrected chi connectivity index (χ3v) is 4.43. The van der Waals surface area contributed by atoms with E-state index in [2.05, 4.69) is 51.0 Å². The van der Waals surface area contributed by atoms with Gasteiger partial charge in [-0.2, -0.15) is 0 Å². The lowest BCUT2D eigenvalue weighted by Crippen LogP contribution is -2.41. The van der Waals surface area contributed by atoms with Crippen LogP contribution in [0.25, 0.3) is 0 Å². The molecule has 0 radical (unpaired) electrons. The number of aryl methyl sites for hydroxylation is 1. The van der Waals surface area contributed by atoms with Gasteiger partial charge in [0.15, 0.2) is 5.96 Å². The summed E-state index contributed by atoms with van der Waals surface area (Å²) >= 11 is 0. The molecule has 148 valence electrons. The van der Waals surface area contributed by atoms with Gasteiger partial charge in [0.25, 0.3) is 0 Å². The van der Waals surface area contributed by atoms with E-state index in [1.54, 1.807) is 31.6 Å². The fraction of sp³-hybridized carbons (Fsp3) is 0.381. The molecule has 0 aliphatic heterocycles. The SMILES string of the molecule is CN=C(NCC(=O)Nc1cccnc1)NCc1ccc(C)cc1OCC1CC1. The number of nitrogens with zero attached hydrogens (tertiary/aromatic N) is 2. The summed E-state index contributed by atoms with van der Waals surface area (Å²) in [6.45, 7) is 3.50. The molecule has 1 aliphatic rings. The Morgan fingerprint density at radius 3 is 2.86 bits per heavy atom. The Balaban J connectivity index is 1.49. The highest BCUT2D eigenvalue weighted by Crippen LogP contribution is 2.30. The maximum Gasteiger partial charge on any atom is 0.243 e. The lowest BCUT2D eigenvalue weighted by Gasteiger charge is -2.15. The molecule has 3 rings (SSSR count). The summed E-state index contributed by atoms with van der Waals surface area (Å²) in [5.41, 5.74) is 2.90. The van der Waals surface area contributed by atoms with E-state index < -0.39 is 0 Å². The summed E-state index contributed by atoms with van der Waals surface area (Å²) in [4.78, 5) is 20.2. The first-order valence-corrected chi connectivity index (χ1v) is 9.51. The van der Waals surface area contributed by atoms with Crippen LogP contribution < -0.4 is 20.7 Å². The number of nitrogens with one attached hydrogen (secondary N) is 3. The molecule has 1 aromatic carbocycles. The molecule has 7 heteroatoms. The predicted octanol–water partition coefficient (Wildman–Crippen LogP) is 2.48. The van der Waals surface area contributed by atoms with Crippen molar-refractivity contribution in [1.29, 1.82) is 0 Å². The minimum atomic E-state index is -0.167. The molecule has 1 aliphatic carbocycles. The molecule has 1 heterocycles. The first kappa shape index (κ1) is 19.7. The molecule has 0 bridgehead atoms. The van der Waals surface area contributed by atoms with Gasteiger partial charge in [-0.1, -0.05) is 12.1 Å². The van der Waals surface area contributed by atoms with Gasteiger partial charge in [-0.3, -0.25) is 14.8 Å². The van der Waals surface area contributed by atoms with Crippen molar-refractivity contribution < 1.29 is 9.53 Å². The Morgan fingerprint density at radius 2 is 2.14 bits per heavy atom. The van der Waals surface area contributed by atoms with Crippen molar-refractivity contribution in [3.05, 3.63) is 53.9 Å². The second kappa shape index (κ2) is 9.73. The highest BCUT2D eigenvalue weighted by Gasteiger charge is 2.22. The smallest absolute Gasteiger partial charge is 0.243 e. The summed E-state index contributed by atoms with van der Waals surface area (Å²) < 4.78 is 6.00. The van der Waals surface area contributed by atoms with Gasteiger partial charge >= 0.3 is 0 Å². The van der Waals surface area contributed by atoms with Crippen LogP contribution in [-0.4, -0.2) is 37.1 Å². The summed E-state index contributed by atoms with van der Waals surface area (Å²) in [6.07, 6.45) is 5.78. The summed E-state index contributed by atoms with van der Waals surface area (Å²) in [5, 5.41) is 9.03. The maximum absolute atomic E-state index is 12.0. The zero-order chi connectivity index (χ0) is 19.8. The van der Waals surface area contributed by atoms with Gasteiger partial charge in [0.05, 0.1) is 25.0 Å². The number of hydrogen-bond donors (Lipinski definition) is 3. The van der Waals surface area contributed by atoms with Crippen molar-refractivity contribution in [3.63, 3.8) is 0 Å². The number of benzene rings is 1. The Hall–Kier alpha value is -3.09. The van der Waals surface area contributed by atoms with E-state index in [1.165, 1.54) is 18.4 Å². The molecular weight excluding hydrogens is 354 g/mol. The fourth-order valence-corrected chi connectivity index (χ4v) is 2.64. The molecule has 1 amide bonds. The van der Waals surface area contributed by atoms with Crippen LogP contribution in [0.3, 0.4) is 0 Å². The largest absolute Gasteiger partial charge is 0.493 e. The number of anilines is 1. The van der Waals surface area contributed by atoms with Crippen molar-refractivity contribution in [2.24, 2.45) is 10.9 Å². The van der Waals surface area contributed by atoms with Gasteiger partial charge in [-0.05, 0) is 49.4 Å². The molecule has 0 saturated heterocycles. The number of rotatable bonds is 8. The van der Waals surface area contributed by atoms with E-state index >= 15 is 0 Å². The van der Waals surface area contributed by atoms with Crippen molar-refractivity contribution in [2.75, 3.05) is 25.5 Å². The molecule has 0 atom stereocenters. The van der Waals surface area contributed by atoms with Crippen molar-refractivity contribution >= 4 is 17.6 Å². The zero-order valence-electron chi connectivity index (χ0n) is 16.4. The van der Waals surface area contributed by atoms with Crippen LogP contribution in [0.5, 0.6) is 5.75 Å². The van der Waals surface area contributed by atoms with E-state index in [9.17, 15) is 4.79 Å². The number of ether oxygens (including phenoxy) is 1. The lowest BCUT2D eigenvalue weighted by molar-refractivity contribution is -0.115. The highest BCUT2D eigenvalue weighted by molar-refractivity contribution is 5.94. The first-order chi connectivity index (χ1) is 13.6.